The molecular formula is C21H21NO6. The van der Waals surface area contributed by atoms with Gasteiger partial charge in [-0.25, -0.2) is 4.79 Å². The molecular weight excluding hydrogens is 362 g/mol. The molecule has 0 saturated carbocycles. The summed E-state index contributed by atoms with van der Waals surface area (Å²) in [5.74, 6) is 1.75. The van der Waals surface area contributed by atoms with Gasteiger partial charge in [-0.05, 0) is 42.8 Å². The molecule has 0 saturated heterocycles. The van der Waals surface area contributed by atoms with Gasteiger partial charge in [0.2, 0.25) is 5.78 Å². The number of amides is 1. The smallest absolute Gasteiger partial charge is 0.414 e. The van der Waals surface area contributed by atoms with Gasteiger partial charge in [0.25, 0.3) is 0 Å². The van der Waals surface area contributed by atoms with Crippen molar-refractivity contribution in [2.75, 3.05) is 27.8 Å². The van der Waals surface area contributed by atoms with Crippen molar-refractivity contribution in [1.29, 1.82) is 0 Å². The van der Waals surface area contributed by atoms with E-state index >= 15 is 0 Å². The summed E-state index contributed by atoms with van der Waals surface area (Å²) in [6.45, 7) is 2.41. The van der Waals surface area contributed by atoms with Crippen molar-refractivity contribution in [3.63, 3.8) is 0 Å². The van der Waals surface area contributed by atoms with Gasteiger partial charge in [-0.15, -0.1) is 0 Å². The molecule has 0 atom stereocenters. The summed E-state index contributed by atoms with van der Waals surface area (Å²) in [6.07, 6.45) is 1.10. The van der Waals surface area contributed by atoms with Crippen LogP contribution >= 0.6 is 0 Å². The Balaban J connectivity index is 1.85. The first-order chi connectivity index (χ1) is 13.4. The molecule has 7 nitrogen and oxygen atoms in total. The fourth-order valence-electron chi connectivity index (χ4n) is 2.62. The van der Waals surface area contributed by atoms with Gasteiger partial charge < -0.3 is 23.8 Å². The molecule has 28 heavy (non-hydrogen) atoms. The average molecular weight is 383 g/mol. The highest BCUT2D eigenvalue weighted by molar-refractivity contribution is 6.14. The Bertz CT molecular complexity index is 948. The van der Waals surface area contributed by atoms with Gasteiger partial charge in [-0.3, -0.25) is 4.79 Å². The molecule has 0 aliphatic carbocycles. The zero-order valence-corrected chi connectivity index (χ0v) is 16.1. The van der Waals surface area contributed by atoms with E-state index in [0.717, 1.165) is 0 Å². The van der Waals surface area contributed by atoms with Gasteiger partial charge in [0.1, 0.15) is 11.5 Å². The fourth-order valence-corrected chi connectivity index (χ4v) is 2.62. The minimum Gasteiger partial charge on any atom is -0.494 e. The highest BCUT2D eigenvalue weighted by atomic mass is 16.6. The first-order valence-electron chi connectivity index (χ1n) is 8.71. The summed E-state index contributed by atoms with van der Waals surface area (Å²) < 4.78 is 21.7. The van der Waals surface area contributed by atoms with Crippen LogP contribution in [0.3, 0.4) is 0 Å². The van der Waals surface area contributed by atoms with Crippen molar-refractivity contribution in [2.45, 2.75) is 6.92 Å². The van der Waals surface area contributed by atoms with Crippen molar-refractivity contribution in [2.24, 2.45) is 0 Å². The van der Waals surface area contributed by atoms with E-state index in [0.29, 0.717) is 35.0 Å². The molecule has 0 N–H and O–H groups in total. The summed E-state index contributed by atoms with van der Waals surface area (Å²) in [7, 11) is 4.65. The van der Waals surface area contributed by atoms with Crippen LogP contribution < -0.4 is 18.9 Å². The quantitative estimate of drug-likeness (QED) is 0.732. The highest BCUT2D eigenvalue weighted by Crippen LogP contribution is 2.36. The molecule has 3 rings (SSSR count). The van der Waals surface area contributed by atoms with Crippen LogP contribution in [0, 0.1) is 0 Å². The van der Waals surface area contributed by atoms with Crippen LogP contribution in [0.1, 0.15) is 22.8 Å². The maximum Gasteiger partial charge on any atom is 0.414 e. The van der Waals surface area contributed by atoms with E-state index in [1.54, 1.807) is 56.6 Å². The van der Waals surface area contributed by atoms with Crippen molar-refractivity contribution in [1.82, 2.24) is 4.90 Å². The Morgan fingerprint density at radius 3 is 2.61 bits per heavy atom. The molecule has 0 unspecified atom stereocenters. The fraction of sp³-hybridized carbons (Fsp3) is 0.238. The molecule has 1 heterocycles. The highest BCUT2D eigenvalue weighted by Gasteiger charge is 2.27. The third-order valence-electron chi connectivity index (χ3n) is 4.00. The SMILES string of the molecule is CCOc1ccc2c(c1)OC(=Cc1ccc(OC(=O)N(C)C)c(OC)c1)C2=O. The number of hydrogen-bond acceptors (Lipinski definition) is 6. The second-order valence-corrected chi connectivity index (χ2v) is 6.20. The molecule has 0 fully saturated rings. The number of carbonyl (C=O) groups excluding carboxylic acids is 2. The summed E-state index contributed by atoms with van der Waals surface area (Å²) in [6, 6.07) is 10.1. The van der Waals surface area contributed by atoms with E-state index in [1.807, 2.05) is 6.92 Å². The van der Waals surface area contributed by atoms with E-state index in [9.17, 15) is 9.59 Å². The largest absolute Gasteiger partial charge is 0.494 e. The number of carbonyl (C=O) groups is 2. The van der Waals surface area contributed by atoms with Gasteiger partial charge in [-0.1, -0.05) is 6.07 Å². The minimum atomic E-state index is -0.515. The maximum atomic E-state index is 12.6. The molecule has 2 aromatic rings. The Kier molecular flexibility index (Phi) is 5.54. The second-order valence-electron chi connectivity index (χ2n) is 6.20. The predicted octanol–water partition coefficient (Wildman–Crippen LogP) is 3.77. The van der Waals surface area contributed by atoms with Crippen molar-refractivity contribution < 1.29 is 28.5 Å². The molecule has 1 amide bonds. The van der Waals surface area contributed by atoms with Crippen molar-refractivity contribution >= 4 is 18.0 Å². The lowest BCUT2D eigenvalue weighted by molar-refractivity contribution is 0.101. The number of allylic oxidation sites excluding steroid dienone is 1. The van der Waals surface area contributed by atoms with Gasteiger partial charge in [-0.2, -0.15) is 0 Å². The molecule has 0 radical (unpaired) electrons. The number of ether oxygens (including phenoxy) is 4. The zero-order valence-electron chi connectivity index (χ0n) is 16.1. The summed E-state index contributed by atoms with van der Waals surface area (Å²) in [5.41, 5.74) is 1.15. The number of ketones is 1. The Morgan fingerprint density at radius 1 is 1.14 bits per heavy atom. The van der Waals surface area contributed by atoms with E-state index in [4.69, 9.17) is 18.9 Å². The second kappa shape index (κ2) is 8.04. The predicted molar refractivity (Wildman–Crippen MR) is 103 cm³/mol. The lowest BCUT2D eigenvalue weighted by atomic mass is 10.1. The van der Waals surface area contributed by atoms with Crippen molar-refractivity contribution in [3.8, 4) is 23.0 Å². The Morgan fingerprint density at radius 2 is 1.93 bits per heavy atom. The molecule has 0 spiro atoms. The molecule has 7 heteroatoms. The van der Waals surface area contributed by atoms with Crippen LogP contribution in [0.2, 0.25) is 0 Å². The van der Waals surface area contributed by atoms with Crippen molar-refractivity contribution in [3.05, 3.63) is 53.3 Å². The standard InChI is InChI=1S/C21H21NO6/c1-5-26-14-7-8-15-17(12-14)27-19(20(15)23)11-13-6-9-16(18(10-13)25-4)28-21(24)22(2)3/h6-12H,5H2,1-4H3. The van der Waals surface area contributed by atoms with E-state index < -0.39 is 6.09 Å². The van der Waals surface area contributed by atoms with E-state index in [1.165, 1.54) is 12.0 Å². The molecule has 0 aromatic heterocycles. The first kappa shape index (κ1) is 19.3. The van der Waals surface area contributed by atoms with Crippen LogP contribution in [0.5, 0.6) is 23.0 Å². The number of rotatable bonds is 5. The molecule has 0 bridgehead atoms. The Hall–Kier alpha value is -3.48. The normalized spacial score (nSPS) is 13.7. The van der Waals surface area contributed by atoms with Crippen LogP contribution in [0.25, 0.3) is 6.08 Å². The Labute approximate surface area is 163 Å². The number of fused-ring (bicyclic) bond motifs is 1. The van der Waals surface area contributed by atoms with E-state index in [2.05, 4.69) is 0 Å². The van der Waals surface area contributed by atoms with Gasteiger partial charge in [0.15, 0.2) is 17.3 Å². The van der Waals surface area contributed by atoms with Crippen LogP contribution in [0.4, 0.5) is 4.79 Å². The minimum absolute atomic E-state index is 0.198. The van der Waals surface area contributed by atoms with Gasteiger partial charge >= 0.3 is 6.09 Å². The lowest BCUT2D eigenvalue weighted by Gasteiger charge is -2.13. The number of methoxy groups -OCH3 is 1. The summed E-state index contributed by atoms with van der Waals surface area (Å²) in [4.78, 5) is 25.6. The summed E-state index contributed by atoms with van der Waals surface area (Å²) >= 11 is 0. The van der Waals surface area contributed by atoms with Gasteiger partial charge in [0, 0.05) is 20.2 Å². The van der Waals surface area contributed by atoms with Gasteiger partial charge in [0.05, 0.1) is 19.3 Å². The monoisotopic (exact) mass is 383 g/mol. The third-order valence-corrected chi connectivity index (χ3v) is 4.00. The van der Waals surface area contributed by atoms with Crippen LogP contribution in [-0.4, -0.2) is 44.6 Å². The third kappa shape index (κ3) is 3.93. The maximum absolute atomic E-state index is 12.6. The number of Topliss-reactive ketones (excluding diaryl/α,β-unsaturated/α-hetero) is 1. The van der Waals surface area contributed by atoms with E-state index in [-0.39, 0.29) is 17.3 Å². The lowest BCUT2D eigenvalue weighted by Crippen LogP contribution is -2.25. The first-order valence-corrected chi connectivity index (χ1v) is 8.71. The number of benzene rings is 2. The summed E-state index contributed by atoms with van der Waals surface area (Å²) in [5, 5.41) is 0. The zero-order chi connectivity index (χ0) is 20.3. The number of hydrogen-bond donors (Lipinski definition) is 0. The molecule has 1 aliphatic rings. The van der Waals surface area contributed by atoms with Crippen LogP contribution in [0.15, 0.2) is 42.2 Å². The number of nitrogens with zero attached hydrogens (tertiary/aromatic N) is 1. The average Bonchev–Trinajstić information content (AvgIpc) is 2.98. The molecule has 146 valence electrons. The molecule has 2 aromatic carbocycles. The molecule has 1 aliphatic heterocycles. The topological polar surface area (TPSA) is 74.3 Å². The van der Waals surface area contributed by atoms with Crippen LogP contribution in [-0.2, 0) is 0 Å².